The van der Waals surface area contributed by atoms with Crippen molar-refractivity contribution in [2.24, 2.45) is 0 Å². The van der Waals surface area contributed by atoms with E-state index in [-0.39, 0.29) is 0 Å². The van der Waals surface area contributed by atoms with Gasteiger partial charge in [0, 0.05) is 7.11 Å². The zero-order valence-electron chi connectivity index (χ0n) is 12.6. The molecular weight excluding hydrogens is 280 g/mol. The van der Waals surface area contributed by atoms with Crippen molar-refractivity contribution >= 4 is 35.0 Å². The van der Waals surface area contributed by atoms with Crippen LogP contribution in [0, 0.1) is 0 Å². The fraction of sp³-hybridized carbons (Fsp3) is 1.00. The monoisotopic (exact) mass is 308 g/mol. The summed E-state index contributed by atoms with van der Waals surface area (Å²) in [6.07, 6.45) is 0. The van der Waals surface area contributed by atoms with E-state index in [0.29, 0.717) is 9.76 Å². The zero-order chi connectivity index (χ0) is 13.7. The lowest BCUT2D eigenvalue weighted by Crippen LogP contribution is -2.51. The molecule has 0 bridgehead atoms. The van der Waals surface area contributed by atoms with Gasteiger partial charge in [0.1, 0.15) is 0 Å². The number of rotatable bonds is 8. The molecule has 0 aromatic carbocycles. The van der Waals surface area contributed by atoms with E-state index in [1.807, 2.05) is 0 Å². The molecule has 0 rings (SSSR count). The second kappa shape index (κ2) is 6.78. The highest BCUT2D eigenvalue weighted by molar-refractivity contribution is 6.87. The topological polar surface area (TPSA) is 27.7 Å². The lowest BCUT2D eigenvalue weighted by molar-refractivity contribution is 0.391. The average Bonchev–Trinajstić information content (AvgIpc) is 1.96. The van der Waals surface area contributed by atoms with Gasteiger partial charge in [-0.1, -0.05) is 0 Å². The summed E-state index contributed by atoms with van der Waals surface area (Å²) in [7, 11) is -2.67. The Morgan fingerprint density at radius 1 is 0.882 bits per heavy atom. The third-order valence-electron chi connectivity index (χ3n) is 2.05. The Kier molecular flexibility index (Phi) is 7.08. The third-order valence-corrected chi connectivity index (χ3v) is 13.3. The lowest BCUT2D eigenvalue weighted by atomic mass is 10.9. The van der Waals surface area contributed by atoms with Crippen LogP contribution in [0.15, 0.2) is 0 Å². The highest BCUT2D eigenvalue weighted by atomic mass is 28.5. The molecule has 102 valence electrons. The summed E-state index contributed by atoms with van der Waals surface area (Å²) < 4.78 is 17.7. The van der Waals surface area contributed by atoms with Crippen LogP contribution in [0.5, 0.6) is 0 Å². The average molecular weight is 309 g/mol. The molecular formula is C10H28O3Si4. The fourth-order valence-corrected chi connectivity index (χ4v) is 17.1. The minimum absolute atomic E-state index is 0.603. The molecule has 0 heterocycles. The van der Waals surface area contributed by atoms with E-state index in [1.165, 1.54) is 0 Å². The Morgan fingerprint density at radius 2 is 1.41 bits per heavy atom. The standard InChI is InChI=1S/C10H28O3Si4/c1-11-14-9-10-16(5,6)13-17(7,8)12-15(2,3)4/h9-10H2,1-8H3. The first-order valence-corrected chi connectivity index (χ1v) is 16.6. The Morgan fingerprint density at radius 3 is 1.82 bits per heavy atom. The second-order valence-electron chi connectivity index (χ2n) is 6.32. The molecule has 0 aromatic rings. The minimum atomic E-state index is -1.95. The van der Waals surface area contributed by atoms with E-state index < -0.39 is 25.2 Å². The Bertz CT molecular complexity index is 226. The predicted octanol–water partition coefficient (Wildman–Crippen LogP) is 3.45. The first-order chi connectivity index (χ1) is 7.47. The molecule has 0 spiro atoms. The highest BCUT2D eigenvalue weighted by Gasteiger charge is 2.37. The largest absolute Gasteiger partial charge is 0.437 e. The molecule has 0 fully saturated rings. The summed E-state index contributed by atoms with van der Waals surface area (Å²) in [6.45, 7) is 15.6. The Labute approximate surface area is 113 Å². The number of hydrogen-bond donors (Lipinski definition) is 0. The van der Waals surface area contributed by atoms with Gasteiger partial charge in [0.2, 0.25) is 9.76 Å². The maximum atomic E-state index is 6.39. The van der Waals surface area contributed by atoms with Gasteiger partial charge in [0.05, 0.1) is 0 Å². The van der Waals surface area contributed by atoms with Crippen molar-refractivity contribution in [1.29, 1.82) is 0 Å². The summed E-state index contributed by atoms with van der Waals surface area (Å²) in [5.74, 6) is 0. The van der Waals surface area contributed by atoms with Crippen LogP contribution in [0.3, 0.4) is 0 Å². The van der Waals surface area contributed by atoms with Crippen LogP contribution in [0.1, 0.15) is 0 Å². The number of hydrogen-bond acceptors (Lipinski definition) is 3. The van der Waals surface area contributed by atoms with Crippen molar-refractivity contribution in [2.45, 2.75) is 57.9 Å². The first-order valence-electron chi connectivity index (χ1n) is 6.14. The first kappa shape index (κ1) is 17.7. The van der Waals surface area contributed by atoms with Gasteiger partial charge >= 0.3 is 8.56 Å². The molecule has 0 unspecified atom stereocenters. The Balaban J connectivity index is 4.27. The van der Waals surface area contributed by atoms with Gasteiger partial charge in [-0.25, -0.2) is 0 Å². The van der Waals surface area contributed by atoms with Gasteiger partial charge in [0.15, 0.2) is 16.6 Å². The van der Waals surface area contributed by atoms with E-state index in [0.717, 1.165) is 12.1 Å². The van der Waals surface area contributed by atoms with Gasteiger partial charge < -0.3 is 12.7 Å². The molecule has 0 atom stereocenters. The molecule has 3 nitrogen and oxygen atoms in total. The SMILES string of the molecule is CO[Si]CC[Si](C)(C)O[Si](C)(C)O[Si](C)(C)C. The normalized spacial score (nSPS) is 14.1. The van der Waals surface area contributed by atoms with Crippen molar-refractivity contribution in [3.8, 4) is 0 Å². The quantitative estimate of drug-likeness (QED) is 0.508. The second-order valence-corrected chi connectivity index (χ2v) is 20.2. The van der Waals surface area contributed by atoms with Crippen molar-refractivity contribution < 1.29 is 12.7 Å². The Hall–Kier alpha value is 0.748. The van der Waals surface area contributed by atoms with Crippen LogP contribution in [-0.2, 0) is 12.7 Å². The molecule has 7 heteroatoms. The van der Waals surface area contributed by atoms with E-state index in [2.05, 4.69) is 45.8 Å². The fourth-order valence-electron chi connectivity index (χ4n) is 1.93. The van der Waals surface area contributed by atoms with Gasteiger partial charge in [-0.2, -0.15) is 0 Å². The molecule has 0 aliphatic heterocycles. The molecule has 17 heavy (non-hydrogen) atoms. The zero-order valence-corrected chi connectivity index (χ0v) is 16.6. The van der Waals surface area contributed by atoms with Crippen molar-refractivity contribution in [1.82, 2.24) is 0 Å². The molecule has 2 radical (unpaired) electrons. The van der Waals surface area contributed by atoms with E-state index in [1.54, 1.807) is 7.11 Å². The molecule has 0 amide bonds. The van der Waals surface area contributed by atoms with Crippen molar-refractivity contribution in [3.63, 3.8) is 0 Å². The van der Waals surface area contributed by atoms with Crippen LogP contribution in [0.2, 0.25) is 57.9 Å². The van der Waals surface area contributed by atoms with Crippen LogP contribution in [0.4, 0.5) is 0 Å². The van der Waals surface area contributed by atoms with Gasteiger partial charge in [-0.05, 0) is 57.9 Å². The summed E-state index contributed by atoms with van der Waals surface area (Å²) in [4.78, 5) is 0. The third kappa shape index (κ3) is 10.4. The van der Waals surface area contributed by atoms with Gasteiger partial charge in [-0.15, -0.1) is 0 Å². The molecule has 0 aliphatic rings. The molecule has 0 saturated heterocycles. The van der Waals surface area contributed by atoms with Gasteiger partial charge in [-0.3, -0.25) is 0 Å². The van der Waals surface area contributed by atoms with E-state index in [4.69, 9.17) is 12.7 Å². The lowest BCUT2D eigenvalue weighted by Gasteiger charge is -2.37. The molecule has 0 aliphatic carbocycles. The highest BCUT2D eigenvalue weighted by Crippen LogP contribution is 2.23. The minimum Gasteiger partial charge on any atom is -0.437 e. The summed E-state index contributed by atoms with van der Waals surface area (Å²) in [6, 6.07) is 2.28. The van der Waals surface area contributed by atoms with Crippen molar-refractivity contribution in [3.05, 3.63) is 0 Å². The van der Waals surface area contributed by atoms with Gasteiger partial charge in [0.25, 0.3) is 0 Å². The van der Waals surface area contributed by atoms with Crippen LogP contribution in [-0.4, -0.2) is 42.1 Å². The maximum absolute atomic E-state index is 6.39. The molecule has 0 saturated carbocycles. The summed E-state index contributed by atoms with van der Waals surface area (Å²) >= 11 is 0. The van der Waals surface area contributed by atoms with E-state index >= 15 is 0 Å². The smallest absolute Gasteiger partial charge is 0.311 e. The summed E-state index contributed by atoms with van der Waals surface area (Å²) in [5.41, 5.74) is 0. The predicted molar refractivity (Wildman–Crippen MR) is 82.9 cm³/mol. The molecule has 0 aromatic heterocycles. The van der Waals surface area contributed by atoms with Crippen LogP contribution in [0.25, 0.3) is 0 Å². The van der Waals surface area contributed by atoms with Crippen LogP contribution < -0.4 is 0 Å². The molecule has 0 N–H and O–H groups in total. The van der Waals surface area contributed by atoms with Crippen molar-refractivity contribution in [2.75, 3.05) is 7.11 Å². The maximum Gasteiger partial charge on any atom is 0.311 e. The summed E-state index contributed by atoms with van der Waals surface area (Å²) in [5, 5.41) is 0. The van der Waals surface area contributed by atoms with E-state index in [9.17, 15) is 0 Å². The van der Waals surface area contributed by atoms with Crippen LogP contribution >= 0.6 is 0 Å².